The lowest BCUT2D eigenvalue weighted by atomic mass is 9.81. The van der Waals surface area contributed by atoms with E-state index in [4.69, 9.17) is 4.74 Å². The molecule has 0 aliphatic carbocycles. The number of piperidine rings is 1. The van der Waals surface area contributed by atoms with E-state index in [0.29, 0.717) is 31.0 Å². The molecule has 26 heavy (non-hydrogen) atoms. The van der Waals surface area contributed by atoms with Crippen molar-refractivity contribution in [2.45, 2.75) is 24.8 Å². The molecule has 3 fully saturated rings. The Morgan fingerprint density at radius 3 is 2.85 bits per heavy atom. The van der Waals surface area contributed by atoms with Gasteiger partial charge in [-0.1, -0.05) is 30.3 Å². The van der Waals surface area contributed by atoms with Crippen LogP contribution in [0.15, 0.2) is 30.3 Å². The van der Waals surface area contributed by atoms with E-state index in [0.717, 1.165) is 32.5 Å². The summed E-state index contributed by atoms with van der Waals surface area (Å²) < 4.78 is 4.92. The van der Waals surface area contributed by atoms with E-state index in [2.05, 4.69) is 35.1 Å². The molecule has 3 aliphatic rings. The van der Waals surface area contributed by atoms with Crippen molar-refractivity contribution in [3.8, 4) is 0 Å². The average Bonchev–Trinajstić information content (AvgIpc) is 3.32. The maximum atomic E-state index is 12.7. The van der Waals surface area contributed by atoms with Crippen LogP contribution in [0.5, 0.6) is 0 Å². The molecule has 3 unspecified atom stereocenters. The highest BCUT2D eigenvalue weighted by Crippen LogP contribution is 2.31. The Hall–Kier alpha value is -2.12. The summed E-state index contributed by atoms with van der Waals surface area (Å²) in [5.41, 5.74) is 8.08. The topological polar surface area (TPSA) is 73.9 Å². The average molecular weight is 358 g/mol. The predicted octanol–water partition coefficient (Wildman–Crippen LogP) is 0.937. The van der Waals surface area contributed by atoms with E-state index in [-0.39, 0.29) is 18.5 Å². The van der Waals surface area contributed by atoms with E-state index in [1.807, 2.05) is 11.0 Å². The lowest BCUT2D eigenvalue weighted by Crippen LogP contribution is -2.50. The van der Waals surface area contributed by atoms with Crippen LogP contribution in [0.2, 0.25) is 0 Å². The van der Waals surface area contributed by atoms with Gasteiger partial charge in [-0.3, -0.25) is 20.5 Å². The van der Waals surface area contributed by atoms with Gasteiger partial charge in [-0.2, -0.15) is 0 Å². The Bertz CT molecular complexity index is 653. The zero-order valence-electron chi connectivity index (χ0n) is 14.9. The second-order valence-corrected chi connectivity index (χ2v) is 7.35. The van der Waals surface area contributed by atoms with Crippen molar-refractivity contribution in [2.24, 2.45) is 5.92 Å². The van der Waals surface area contributed by atoms with Crippen molar-refractivity contribution in [3.63, 3.8) is 0 Å². The summed E-state index contributed by atoms with van der Waals surface area (Å²) in [6.07, 6.45) is 1.73. The first-order chi connectivity index (χ1) is 12.7. The standard InChI is InChI=1S/C19H26N4O3/c24-17(13-23-9-10-26-19(23)25)22-8-4-7-15(12-22)18-16(11-20-21-18)14-5-2-1-3-6-14/h1-3,5-6,15-16,18,20-21H,4,7-13H2. The van der Waals surface area contributed by atoms with E-state index in [9.17, 15) is 9.59 Å². The van der Waals surface area contributed by atoms with Crippen LogP contribution in [0, 0.1) is 5.92 Å². The molecule has 2 N–H and O–H groups in total. The number of hydrogen-bond acceptors (Lipinski definition) is 5. The first kappa shape index (κ1) is 17.3. The van der Waals surface area contributed by atoms with Gasteiger partial charge in [0.25, 0.3) is 0 Å². The second-order valence-electron chi connectivity index (χ2n) is 7.35. The van der Waals surface area contributed by atoms with Gasteiger partial charge in [-0.05, 0) is 24.3 Å². The molecule has 3 heterocycles. The third-order valence-corrected chi connectivity index (χ3v) is 5.74. The smallest absolute Gasteiger partial charge is 0.410 e. The molecule has 0 aromatic heterocycles. The molecule has 2 amide bonds. The number of benzene rings is 1. The minimum absolute atomic E-state index is 0.0239. The van der Waals surface area contributed by atoms with Crippen LogP contribution in [0.4, 0.5) is 4.79 Å². The van der Waals surface area contributed by atoms with Gasteiger partial charge in [0.2, 0.25) is 5.91 Å². The highest BCUT2D eigenvalue weighted by Gasteiger charge is 2.38. The van der Waals surface area contributed by atoms with Crippen LogP contribution in [0.3, 0.4) is 0 Å². The number of carbonyl (C=O) groups excluding carboxylic acids is 2. The lowest BCUT2D eigenvalue weighted by Gasteiger charge is -2.37. The normalized spacial score (nSPS) is 29.1. The SMILES string of the molecule is O=C(CN1CCOC1=O)N1CCCC(C2NNCC2c2ccccc2)C1. The zero-order chi connectivity index (χ0) is 17.9. The monoisotopic (exact) mass is 358 g/mol. The molecule has 3 saturated heterocycles. The van der Waals surface area contributed by atoms with E-state index < -0.39 is 0 Å². The number of rotatable bonds is 4. The summed E-state index contributed by atoms with van der Waals surface area (Å²) >= 11 is 0. The van der Waals surface area contributed by atoms with Gasteiger partial charge in [-0.15, -0.1) is 0 Å². The molecule has 1 aromatic carbocycles. The number of likely N-dealkylation sites (tertiary alicyclic amines) is 1. The van der Waals surface area contributed by atoms with Crippen molar-refractivity contribution in [2.75, 3.05) is 39.3 Å². The highest BCUT2D eigenvalue weighted by atomic mass is 16.6. The first-order valence-corrected chi connectivity index (χ1v) is 9.45. The minimum atomic E-state index is -0.377. The summed E-state index contributed by atoms with van der Waals surface area (Å²) in [6.45, 7) is 3.43. The van der Waals surface area contributed by atoms with Crippen LogP contribution in [0.1, 0.15) is 24.3 Å². The van der Waals surface area contributed by atoms with Crippen LogP contribution in [-0.4, -0.2) is 67.2 Å². The number of hydrogen-bond donors (Lipinski definition) is 2. The molecular weight excluding hydrogens is 332 g/mol. The van der Waals surface area contributed by atoms with Crippen LogP contribution in [-0.2, 0) is 9.53 Å². The molecule has 1 aromatic rings. The highest BCUT2D eigenvalue weighted by molar-refractivity contribution is 5.83. The lowest BCUT2D eigenvalue weighted by molar-refractivity contribution is -0.133. The van der Waals surface area contributed by atoms with Crippen molar-refractivity contribution < 1.29 is 14.3 Å². The predicted molar refractivity (Wildman–Crippen MR) is 96.3 cm³/mol. The Balaban J connectivity index is 1.40. The molecule has 4 rings (SSSR count). The summed E-state index contributed by atoms with van der Waals surface area (Å²) in [6, 6.07) is 10.9. The summed E-state index contributed by atoms with van der Waals surface area (Å²) in [4.78, 5) is 27.6. The molecule has 0 bridgehead atoms. The fourth-order valence-electron chi connectivity index (χ4n) is 4.35. The number of carbonyl (C=O) groups is 2. The molecule has 3 aliphatic heterocycles. The second kappa shape index (κ2) is 7.63. The van der Waals surface area contributed by atoms with Gasteiger partial charge >= 0.3 is 6.09 Å². The van der Waals surface area contributed by atoms with Crippen molar-refractivity contribution >= 4 is 12.0 Å². The van der Waals surface area contributed by atoms with Gasteiger partial charge in [0.15, 0.2) is 0 Å². The fraction of sp³-hybridized carbons (Fsp3) is 0.579. The fourth-order valence-corrected chi connectivity index (χ4v) is 4.35. The van der Waals surface area contributed by atoms with Gasteiger partial charge in [0.1, 0.15) is 13.2 Å². The summed E-state index contributed by atoms with van der Waals surface area (Å²) in [5.74, 6) is 0.832. The third-order valence-electron chi connectivity index (χ3n) is 5.74. The Labute approximate surface area is 153 Å². The van der Waals surface area contributed by atoms with Crippen molar-refractivity contribution in [1.29, 1.82) is 0 Å². The van der Waals surface area contributed by atoms with Crippen LogP contribution >= 0.6 is 0 Å². The molecule has 0 spiro atoms. The van der Waals surface area contributed by atoms with Gasteiger partial charge in [0, 0.05) is 31.6 Å². The molecule has 3 atom stereocenters. The van der Waals surface area contributed by atoms with E-state index >= 15 is 0 Å². The van der Waals surface area contributed by atoms with Crippen LogP contribution in [0.25, 0.3) is 0 Å². The number of amides is 2. The third kappa shape index (κ3) is 3.54. The molecular formula is C19H26N4O3. The molecule has 0 saturated carbocycles. The Kier molecular flexibility index (Phi) is 5.08. The number of ether oxygens (including phenoxy) is 1. The molecule has 0 radical (unpaired) electrons. The molecule has 7 heteroatoms. The van der Waals surface area contributed by atoms with Gasteiger partial charge < -0.3 is 9.64 Å². The largest absolute Gasteiger partial charge is 0.448 e. The molecule has 7 nitrogen and oxygen atoms in total. The van der Waals surface area contributed by atoms with Crippen LogP contribution < -0.4 is 10.9 Å². The first-order valence-electron chi connectivity index (χ1n) is 9.45. The Morgan fingerprint density at radius 2 is 2.08 bits per heavy atom. The number of hydrazine groups is 1. The summed E-state index contributed by atoms with van der Waals surface area (Å²) in [7, 11) is 0. The zero-order valence-corrected chi connectivity index (χ0v) is 14.9. The summed E-state index contributed by atoms with van der Waals surface area (Å²) in [5, 5.41) is 0. The maximum absolute atomic E-state index is 12.7. The number of cyclic esters (lactones) is 1. The van der Waals surface area contributed by atoms with Gasteiger partial charge in [0.05, 0.1) is 6.54 Å². The van der Waals surface area contributed by atoms with E-state index in [1.165, 1.54) is 10.5 Å². The number of nitrogens with one attached hydrogen (secondary N) is 2. The van der Waals surface area contributed by atoms with Crippen molar-refractivity contribution in [1.82, 2.24) is 20.7 Å². The number of nitrogens with zero attached hydrogens (tertiary/aromatic N) is 2. The van der Waals surface area contributed by atoms with E-state index in [1.54, 1.807) is 0 Å². The van der Waals surface area contributed by atoms with Crippen molar-refractivity contribution in [3.05, 3.63) is 35.9 Å². The van der Waals surface area contributed by atoms with Gasteiger partial charge in [-0.25, -0.2) is 4.79 Å². The minimum Gasteiger partial charge on any atom is -0.448 e. The molecule has 140 valence electrons. The maximum Gasteiger partial charge on any atom is 0.410 e. The Morgan fingerprint density at radius 1 is 1.23 bits per heavy atom. The quantitative estimate of drug-likeness (QED) is 0.838.